The van der Waals surface area contributed by atoms with Crippen LogP contribution in [0.4, 0.5) is 5.82 Å². The Hall–Kier alpha value is -4.09. The Balaban J connectivity index is 1.50. The fourth-order valence-corrected chi connectivity index (χ4v) is 4.94. The summed E-state index contributed by atoms with van der Waals surface area (Å²) in [6.07, 6.45) is -12.3. The van der Waals surface area contributed by atoms with Crippen LogP contribution in [0.3, 0.4) is 0 Å². The van der Waals surface area contributed by atoms with E-state index in [1.165, 1.54) is 12.3 Å². The molecule has 2 fully saturated rings. The van der Waals surface area contributed by atoms with Crippen LogP contribution in [0.5, 0.6) is 0 Å². The number of aliphatic hydroxyl groups excluding tert-OH is 6. The van der Waals surface area contributed by atoms with Gasteiger partial charge in [-0.15, -0.1) is 5.10 Å². The van der Waals surface area contributed by atoms with Gasteiger partial charge in [0.15, 0.2) is 12.3 Å². The van der Waals surface area contributed by atoms with Crippen molar-refractivity contribution < 1.29 is 59.6 Å². The summed E-state index contributed by atoms with van der Waals surface area (Å²) in [5.74, 6) is -3.41. The van der Waals surface area contributed by atoms with Crippen molar-refractivity contribution in [2.75, 3.05) is 12.3 Å². The predicted molar refractivity (Wildman–Crippen MR) is 139 cm³/mol. The topological polar surface area (TPSA) is 327 Å². The minimum absolute atomic E-state index is 0.0583. The van der Waals surface area contributed by atoms with Gasteiger partial charge in [-0.25, -0.2) is 14.3 Å². The number of carbonyl (C=O) groups excluding carboxylic acids is 2. The van der Waals surface area contributed by atoms with E-state index >= 15 is 0 Å². The fraction of sp³-hybridized carbons (Fsp3) is 0.609. The lowest BCUT2D eigenvalue weighted by molar-refractivity contribution is -0.258. The van der Waals surface area contributed by atoms with E-state index in [9.17, 15) is 54.9 Å². The van der Waals surface area contributed by atoms with Gasteiger partial charge in [-0.3, -0.25) is 14.2 Å². The van der Waals surface area contributed by atoms with Crippen molar-refractivity contribution in [2.45, 2.75) is 80.6 Å². The van der Waals surface area contributed by atoms with Crippen LogP contribution in [-0.2, 0) is 36.1 Å². The summed E-state index contributed by atoms with van der Waals surface area (Å²) >= 11 is 0. The van der Waals surface area contributed by atoms with Crippen LogP contribution >= 0.6 is 0 Å². The number of nitrogens with two attached hydrogens (primary N) is 1. The van der Waals surface area contributed by atoms with E-state index in [0.29, 0.717) is 4.68 Å². The fourth-order valence-electron chi connectivity index (χ4n) is 4.94. The molecule has 11 N–H and O–H groups in total. The maximum absolute atomic E-state index is 12.8. The molecule has 2 saturated heterocycles. The van der Waals surface area contributed by atoms with Gasteiger partial charge in [0.1, 0.15) is 42.0 Å². The SMILES string of the molecule is CC(=O)N[C@@H]1[C@@H](O)C[C@@](C(=O)O)(n2cc(CNC(=O)[C@H]3O[C@@H](n4ccc(N)nc4=O)[C@H](O)[C@@H]3O)nn2)O[C@H]1C(O)C(O)CO. The Morgan fingerprint density at radius 1 is 1.23 bits per heavy atom. The van der Waals surface area contributed by atoms with Crippen LogP contribution in [0, 0.1) is 0 Å². The molecular weight excluding hydrogens is 596 g/mol. The van der Waals surface area contributed by atoms with Crippen molar-refractivity contribution in [3.05, 3.63) is 34.6 Å². The van der Waals surface area contributed by atoms with Crippen LogP contribution in [0.15, 0.2) is 23.3 Å². The Morgan fingerprint density at radius 2 is 1.93 bits per heavy atom. The van der Waals surface area contributed by atoms with Gasteiger partial charge in [-0.05, 0) is 6.07 Å². The van der Waals surface area contributed by atoms with Crippen LogP contribution in [0.2, 0.25) is 0 Å². The zero-order valence-electron chi connectivity index (χ0n) is 22.9. The van der Waals surface area contributed by atoms with Crippen molar-refractivity contribution in [2.24, 2.45) is 0 Å². The van der Waals surface area contributed by atoms with Crippen LogP contribution in [0.25, 0.3) is 0 Å². The van der Waals surface area contributed by atoms with E-state index in [2.05, 4.69) is 25.9 Å². The molecule has 4 rings (SSSR count). The number of nitrogens with zero attached hydrogens (tertiary/aromatic N) is 5. The molecule has 2 unspecified atom stereocenters. The number of carbonyl (C=O) groups is 3. The van der Waals surface area contributed by atoms with Crippen LogP contribution < -0.4 is 22.1 Å². The number of amides is 2. The largest absolute Gasteiger partial charge is 0.478 e. The second-order valence-electron chi connectivity index (χ2n) is 10.3. The molecule has 4 heterocycles. The molecule has 242 valence electrons. The minimum Gasteiger partial charge on any atom is -0.478 e. The summed E-state index contributed by atoms with van der Waals surface area (Å²) < 4.78 is 12.6. The van der Waals surface area contributed by atoms with Gasteiger partial charge < -0.3 is 61.6 Å². The molecule has 21 nitrogen and oxygen atoms in total. The Kier molecular flexibility index (Phi) is 9.60. The highest BCUT2D eigenvalue weighted by atomic mass is 16.6. The first-order chi connectivity index (χ1) is 20.7. The van der Waals surface area contributed by atoms with Crippen LogP contribution in [-0.4, -0.2) is 133 Å². The number of aromatic nitrogens is 5. The number of hydrogen-bond donors (Lipinski definition) is 10. The maximum Gasteiger partial charge on any atom is 0.359 e. The first-order valence-electron chi connectivity index (χ1n) is 13.1. The smallest absolute Gasteiger partial charge is 0.359 e. The van der Waals surface area contributed by atoms with Gasteiger partial charge in [-0.2, -0.15) is 4.98 Å². The summed E-state index contributed by atoms with van der Waals surface area (Å²) in [6.45, 7) is -0.277. The molecule has 21 heteroatoms. The number of aliphatic hydroxyl groups is 6. The summed E-state index contributed by atoms with van der Waals surface area (Å²) in [4.78, 5) is 52.6. The van der Waals surface area contributed by atoms with Crippen molar-refractivity contribution in [3.63, 3.8) is 0 Å². The molecule has 10 atom stereocenters. The minimum atomic E-state index is -2.53. The third kappa shape index (κ3) is 6.25. The molecule has 2 aliphatic rings. The number of ether oxygens (including phenoxy) is 2. The second kappa shape index (κ2) is 12.9. The third-order valence-electron chi connectivity index (χ3n) is 7.18. The number of carboxylic acids is 1. The van der Waals surface area contributed by atoms with Gasteiger partial charge in [0.25, 0.3) is 11.6 Å². The first kappa shape index (κ1) is 32.8. The van der Waals surface area contributed by atoms with Gasteiger partial charge >= 0.3 is 11.7 Å². The number of rotatable bonds is 10. The highest BCUT2D eigenvalue weighted by Gasteiger charge is 2.56. The van der Waals surface area contributed by atoms with E-state index in [4.69, 9.17) is 15.2 Å². The molecule has 2 aliphatic heterocycles. The number of hydrogen-bond acceptors (Lipinski definition) is 16. The molecular formula is C23H32N8O13. The summed E-state index contributed by atoms with van der Waals surface area (Å²) in [5.41, 5.74) is 1.96. The van der Waals surface area contributed by atoms with Gasteiger partial charge in [0.2, 0.25) is 5.91 Å². The number of carboxylic acid groups (broad SMARTS) is 1. The van der Waals surface area contributed by atoms with Crippen LogP contribution in [0.1, 0.15) is 25.3 Å². The highest BCUT2D eigenvalue weighted by Crippen LogP contribution is 2.36. The lowest BCUT2D eigenvalue weighted by atomic mass is 9.87. The standard InChI is InChI=1S/C23H32N8O13/c1-8(33)26-13-10(34)4-23(21(40)41,44-17(13)14(36)11(35)7-32)31-6-9(28-29-31)5-25-19(39)18-15(37)16(38)20(43-18)30-3-2-12(24)27-22(30)42/h2-3,6,10-11,13-18,20,32,34-38H,4-5,7H2,1H3,(H,25,39)(H,26,33)(H,40,41)(H2,24,27,42)/t10-,11?,13+,14?,15-,16+,17+,18-,20+,23+/m0/s1. The Labute approximate surface area is 246 Å². The number of nitrogen functional groups attached to an aromatic ring is 1. The number of nitrogens with one attached hydrogen (secondary N) is 2. The molecule has 0 aliphatic carbocycles. The Morgan fingerprint density at radius 3 is 2.55 bits per heavy atom. The maximum atomic E-state index is 12.8. The molecule has 44 heavy (non-hydrogen) atoms. The normalized spacial score (nSPS) is 31.7. The van der Waals surface area contributed by atoms with E-state index in [1.54, 1.807) is 0 Å². The Bertz CT molecular complexity index is 1440. The zero-order valence-corrected chi connectivity index (χ0v) is 22.9. The summed E-state index contributed by atoms with van der Waals surface area (Å²) in [5, 5.41) is 83.7. The highest BCUT2D eigenvalue weighted by molar-refractivity contribution is 5.82. The molecule has 2 aromatic rings. The van der Waals surface area contributed by atoms with Crippen molar-refractivity contribution in [1.82, 2.24) is 35.2 Å². The monoisotopic (exact) mass is 628 g/mol. The average molecular weight is 629 g/mol. The average Bonchev–Trinajstić information content (AvgIpc) is 3.56. The molecule has 2 aromatic heterocycles. The van der Waals surface area contributed by atoms with Gasteiger partial charge in [0, 0.05) is 19.5 Å². The second-order valence-corrected chi connectivity index (χ2v) is 10.3. The van der Waals surface area contributed by atoms with Gasteiger partial charge in [0.05, 0.1) is 31.5 Å². The molecule has 0 radical (unpaired) electrons. The molecule has 0 aromatic carbocycles. The van der Waals surface area contributed by atoms with E-state index < -0.39 is 104 Å². The molecule has 0 bridgehead atoms. The van der Waals surface area contributed by atoms with Crippen molar-refractivity contribution in [1.29, 1.82) is 0 Å². The number of anilines is 1. The number of aliphatic carboxylic acids is 1. The van der Waals surface area contributed by atoms with E-state index in [0.717, 1.165) is 17.7 Å². The van der Waals surface area contributed by atoms with Crippen molar-refractivity contribution >= 4 is 23.6 Å². The predicted octanol–water partition coefficient (Wildman–Crippen LogP) is -6.54. The molecule has 2 amide bonds. The van der Waals surface area contributed by atoms with E-state index in [-0.39, 0.29) is 11.5 Å². The molecule has 0 spiro atoms. The first-order valence-corrected chi connectivity index (χ1v) is 13.1. The van der Waals surface area contributed by atoms with Gasteiger partial charge in [-0.1, -0.05) is 5.21 Å². The lowest BCUT2D eigenvalue weighted by Crippen LogP contribution is -2.67. The van der Waals surface area contributed by atoms with Crippen molar-refractivity contribution in [3.8, 4) is 0 Å². The lowest BCUT2D eigenvalue weighted by Gasteiger charge is -2.46. The summed E-state index contributed by atoms with van der Waals surface area (Å²) in [7, 11) is 0. The summed E-state index contributed by atoms with van der Waals surface area (Å²) in [6, 6.07) is -0.146. The quantitative estimate of drug-likeness (QED) is 0.117. The molecule has 0 saturated carbocycles. The van der Waals surface area contributed by atoms with E-state index in [1.807, 2.05) is 0 Å². The third-order valence-corrected chi connectivity index (χ3v) is 7.18. The zero-order chi connectivity index (χ0) is 32.5.